The summed E-state index contributed by atoms with van der Waals surface area (Å²) in [4.78, 5) is 4.54. The molecule has 0 N–H and O–H groups in total. The van der Waals surface area contributed by atoms with E-state index in [0.29, 0.717) is 10.4 Å². The summed E-state index contributed by atoms with van der Waals surface area (Å²) in [5.41, 5.74) is 1.72. The van der Waals surface area contributed by atoms with Crippen LogP contribution in [0.15, 0.2) is 16.6 Å². The largest absolute Gasteiger partial charge is 0.328 e. The minimum atomic E-state index is -0.265. The Morgan fingerprint density at radius 1 is 1.40 bits per heavy atom. The molecule has 0 saturated heterocycles. The molecule has 0 radical (unpaired) electrons. The van der Waals surface area contributed by atoms with Gasteiger partial charge in [-0.05, 0) is 34.3 Å². The molecule has 1 heterocycles. The van der Waals surface area contributed by atoms with Gasteiger partial charge in [0.15, 0.2) is 0 Å². The topological polar surface area (TPSA) is 17.8 Å². The summed E-state index contributed by atoms with van der Waals surface area (Å²) in [7, 11) is 0. The highest BCUT2D eigenvalue weighted by Crippen LogP contribution is 2.31. The molecule has 5 heteroatoms. The van der Waals surface area contributed by atoms with E-state index in [4.69, 9.17) is 11.6 Å². The van der Waals surface area contributed by atoms with Crippen molar-refractivity contribution in [1.82, 2.24) is 9.55 Å². The average Bonchev–Trinajstić information content (AvgIpc) is 2.67. The molecule has 108 valence electrons. The summed E-state index contributed by atoms with van der Waals surface area (Å²) in [6.45, 7) is 0.950. The van der Waals surface area contributed by atoms with Crippen molar-refractivity contribution < 1.29 is 4.39 Å². The van der Waals surface area contributed by atoms with Gasteiger partial charge in [-0.2, -0.15) is 0 Å². The zero-order valence-corrected chi connectivity index (χ0v) is 13.6. The fourth-order valence-corrected chi connectivity index (χ4v) is 3.29. The molecule has 1 aromatic heterocycles. The maximum atomic E-state index is 13.6. The van der Waals surface area contributed by atoms with Crippen molar-refractivity contribution >= 4 is 38.6 Å². The number of benzene rings is 1. The van der Waals surface area contributed by atoms with Gasteiger partial charge in [0.25, 0.3) is 0 Å². The smallest absolute Gasteiger partial charge is 0.139 e. The number of hydrogen-bond acceptors (Lipinski definition) is 1. The van der Waals surface area contributed by atoms with E-state index in [0.717, 1.165) is 35.7 Å². The minimum absolute atomic E-state index is 0.265. The number of halogens is 3. The zero-order chi connectivity index (χ0) is 14.1. The number of aryl methyl sites for hydroxylation is 2. The van der Waals surface area contributed by atoms with Crippen molar-refractivity contribution in [3.8, 4) is 0 Å². The Labute approximate surface area is 131 Å². The maximum absolute atomic E-state index is 13.6. The van der Waals surface area contributed by atoms with Gasteiger partial charge in [0.1, 0.15) is 11.6 Å². The van der Waals surface area contributed by atoms with Crippen LogP contribution in [0.3, 0.4) is 0 Å². The molecule has 1 saturated carbocycles. The second kappa shape index (κ2) is 6.02. The van der Waals surface area contributed by atoms with Crippen molar-refractivity contribution in [2.75, 3.05) is 5.88 Å². The SMILES string of the molecule is Fc1cc2nc(CCCl)n(CCC3CCC3)c2cc1Br. The van der Waals surface area contributed by atoms with Crippen LogP contribution in [0, 0.1) is 11.7 Å². The molecule has 2 nitrogen and oxygen atoms in total. The highest BCUT2D eigenvalue weighted by atomic mass is 79.9. The van der Waals surface area contributed by atoms with Gasteiger partial charge < -0.3 is 4.57 Å². The molecule has 1 fully saturated rings. The van der Waals surface area contributed by atoms with Crippen molar-refractivity contribution in [3.63, 3.8) is 0 Å². The molecule has 3 rings (SSSR count). The molecule has 0 bridgehead atoms. The number of hydrogen-bond donors (Lipinski definition) is 0. The third-order valence-corrected chi connectivity index (χ3v) is 4.97. The molecule has 0 atom stereocenters. The van der Waals surface area contributed by atoms with Crippen LogP contribution in [0.1, 0.15) is 31.5 Å². The first-order valence-electron chi connectivity index (χ1n) is 7.09. The van der Waals surface area contributed by atoms with Gasteiger partial charge in [-0.25, -0.2) is 9.37 Å². The van der Waals surface area contributed by atoms with Crippen LogP contribution in [0.25, 0.3) is 11.0 Å². The summed E-state index contributed by atoms with van der Waals surface area (Å²) < 4.78 is 16.3. The fourth-order valence-electron chi connectivity index (χ4n) is 2.79. The van der Waals surface area contributed by atoms with Crippen LogP contribution in [0.4, 0.5) is 4.39 Å². The molecule has 0 aliphatic heterocycles. The predicted molar refractivity (Wildman–Crippen MR) is 83.8 cm³/mol. The highest BCUT2D eigenvalue weighted by molar-refractivity contribution is 9.10. The Morgan fingerprint density at radius 3 is 2.85 bits per heavy atom. The number of aromatic nitrogens is 2. The summed E-state index contributed by atoms with van der Waals surface area (Å²) in [5, 5.41) is 0. The molecule has 1 aromatic carbocycles. The molecule has 0 amide bonds. The van der Waals surface area contributed by atoms with E-state index in [1.807, 2.05) is 6.07 Å². The van der Waals surface area contributed by atoms with E-state index in [1.165, 1.54) is 31.7 Å². The van der Waals surface area contributed by atoms with Crippen molar-refractivity contribution in [1.29, 1.82) is 0 Å². The quantitative estimate of drug-likeness (QED) is 0.694. The van der Waals surface area contributed by atoms with E-state index in [9.17, 15) is 4.39 Å². The Balaban J connectivity index is 1.95. The Morgan fingerprint density at radius 2 is 2.20 bits per heavy atom. The Kier molecular flexibility index (Phi) is 4.32. The molecule has 1 aliphatic rings. The van der Waals surface area contributed by atoms with Gasteiger partial charge >= 0.3 is 0 Å². The summed E-state index contributed by atoms with van der Waals surface area (Å²) in [6, 6.07) is 3.33. The van der Waals surface area contributed by atoms with Crippen molar-refractivity contribution in [2.45, 2.75) is 38.6 Å². The Hall–Kier alpha value is -0.610. The minimum Gasteiger partial charge on any atom is -0.328 e. The zero-order valence-electron chi connectivity index (χ0n) is 11.2. The lowest BCUT2D eigenvalue weighted by molar-refractivity contribution is 0.282. The van der Waals surface area contributed by atoms with Crippen LogP contribution in [0.5, 0.6) is 0 Å². The van der Waals surface area contributed by atoms with Gasteiger partial charge in [-0.15, -0.1) is 11.6 Å². The van der Waals surface area contributed by atoms with Crippen LogP contribution in [-0.4, -0.2) is 15.4 Å². The molecule has 0 unspecified atom stereocenters. The number of fused-ring (bicyclic) bond motifs is 1. The van der Waals surface area contributed by atoms with E-state index < -0.39 is 0 Å². The van der Waals surface area contributed by atoms with Gasteiger partial charge in [0.05, 0.1) is 15.5 Å². The lowest BCUT2D eigenvalue weighted by Crippen LogP contribution is -2.15. The number of nitrogens with zero attached hydrogens (tertiary/aromatic N) is 2. The lowest BCUT2D eigenvalue weighted by Gasteiger charge is -2.25. The van der Waals surface area contributed by atoms with E-state index in [2.05, 4.69) is 25.5 Å². The normalized spacial score (nSPS) is 15.8. The molecule has 20 heavy (non-hydrogen) atoms. The maximum Gasteiger partial charge on any atom is 0.139 e. The standard InChI is InChI=1S/C15H17BrClFN2/c16-11-8-14-13(9-12(11)18)19-15(4-6-17)20(14)7-5-10-2-1-3-10/h8-10H,1-7H2. The first kappa shape index (κ1) is 14.3. The van der Waals surface area contributed by atoms with Crippen LogP contribution in [0.2, 0.25) is 0 Å². The number of alkyl halides is 1. The molecular formula is C15H17BrClFN2. The summed E-state index contributed by atoms with van der Waals surface area (Å²) >= 11 is 9.12. The van der Waals surface area contributed by atoms with E-state index in [-0.39, 0.29) is 5.82 Å². The second-order valence-electron chi connectivity index (χ2n) is 5.46. The summed E-state index contributed by atoms with van der Waals surface area (Å²) in [6.07, 6.45) is 5.95. The third kappa shape index (κ3) is 2.73. The lowest BCUT2D eigenvalue weighted by atomic mass is 9.83. The summed E-state index contributed by atoms with van der Waals surface area (Å²) in [5.74, 6) is 2.08. The van der Waals surface area contributed by atoms with Crippen molar-refractivity contribution in [3.05, 3.63) is 28.2 Å². The van der Waals surface area contributed by atoms with Gasteiger partial charge in [0.2, 0.25) is 0 Å². The van der Waals surface area contributed by atoms with Crippen LogP contribution < -0.4 is 0 Å². The van der Waals surface area contributed by atoms with Crippen LogP contribution in [-0.2, 0) is 13.0 Å². The fraction of sp³-hybridized carbons (Fsp3) is 0.533. The molecule has 1 aliphatic carbocycles. The molecular weight excluding hydrogens is 343 g/mol. The average molecular weight is 360 g/mol. The Bertz CT molecular complexity index is 622. The first-order chi connectivity index (χ1) is 9.69. The van der Waals surface area contributed by atoms with Gasteiger partial charge in [-0.3, -0.25) is 0 Å². The molecule has 0 spiro atoms. The predicted octanol–water partition coefficient (Wildman–Crippen LogP) is 4.91. The van der Waals surface area contributed by atoms with Crippen LogP contribution >= 0.6 is 27.5 Å². The van der Waals surface area contributed by atoms with Crippen molar-refractivity contribution in [2.24, 2.45) is 5.92 Å². The second-order valence-corrected chi connectivity index (χ2v) is 6.69. The number of imidazole rings is 1. The van der Waals surface area contributed by atoms with Gasteiger partial charge in [-0.1, -0.05) is 19.3 Å². The van der Waals surface area contributed by atoms with E-state index >= 15 is 0 Å². The van der Waals surface area contributed by atoms with E-state index in [1.54, 1.807) is 0 Å². The monoisotopic (exact) mass is 358 g/mol. The highest BCUT2D eigenvalue weighted by Gasteiger charge is 2.19. The number of rotatable bonds is 5. The van der Waals surface area contributed by atoms with Gasteiger partial charge in [0, 0.05) is 24.9 Å². The third-order valence-electron chi connectivity index (χ3n) is 4.17. The molecule has 2 aromatic rings. The first-order valence-corrected chi connectivity index (χ1v) is 8.42.